The highest BCUT2D eigenvalue weighted by Gasteiger charge is 2.49. The summed E-state index contributed by atoms with van der Waals surface area (Å²) in [6.07, 6.45) is -1.91. The first kappa shape index (κ1) is 11.2. The zero-order valence-electron chi connectivity index (χ0n) is 7.72. The molecule has 0 aromatic carbocycles. The summed E-state index contributed by atoms with van der Waals surface area (Å²) in [6.45, 7) is 0.981. The van der Waals surface area contributed by atoms with E-state index < -0.39 is 29.8 Å². The molecule has 84 valence electrons. The molecule has 6 N–H and O–H groups in total. The number of nitrogens with one attached hydrogen (secondary N) is 2. The van der Waals surface area contributed by atoms with Gasteiger partial charge >= 0.3 is 12.1 Å². The van der Waals surface area contributed by atoms with Crippen LogP contribution in [0, 0.1) is 0 Å². The zero-order valence-corrected chi connectivity index (χ0v) is 7.72. The van der Waals surface area contributed by atoms with Gasteiger partial charge in [0.15, 0.2) is 11.8 Å². The highest BCUT2D eigenvalue weighted by atomic mass is 16.4. The highest BCUT2D eigenvalue weighted by Crippen LogP contribution is 2.17. The Hall–Kier alpha value is -1.87. The van der Waals surface area contributed by atoms with Crippen LogP contribution in [0.25, 0.3) is 0 Å². The Morgan fingerprint density at radius 3 is 2.67 bits per heavy atom. The van der Waals surface area contributed by atoms with Crippen molar-refractivity contribution in [2.24, 2.45) is 5.73 Å². The smallest absolute Gasteiger partial charge is 0.345 e. The second kappa shape index (κ2) is 3.37. The van der Waals surface area contributed by atoms with E-state index in [1.807, 2.05) is 0 Å². The van der Waals surface area contributed by atoms with E-state index in [1.54, 1.807) is 10.7 Å². The number of urea groups is 2. The van der Waals surface area contributed by atoms with Gasteiger partial charge < -0.3 is 15.9 Å². The number of aliphatic hydroxyl groups is 2. The first-order chi connectivity index (χ1) is 6.76. The van der Waals surface area contributed by atoms with Gasteiger partial charge in [0.25, 0.3) is 5.91 Å². The first-order valence-corrected chi connectivity index (χ1v) is 3.88. The van der Waals surface area contributed by atoms with E-state index in [0.717, 1.165) is 6.92 Å². The van der Waals surface area contributed by atoms with E-state index >= 15 is 0 Å². The minimum absolute atomic E-state index is 0.323. The molecule has 0 aliphatic carbocycles. The summed E-state index contributed by atoms with van der Waals surface area (Å²) >= 11 is 0. The molecule has 0 spiro atoms. The van der Waals surface area contributed by atoms with Crippen molar-refractivity contribution in [1.82, 2.24) is 15.8 Å². The van der Waals surface area contributed by atoms with E-state index in [-0.39, 0.29) is 0 Å². The van der Waals surface area contributed by atoms with E-state index in [0.29, 0.717) is 5.01 Å². The van der Waals surface area contributed by atoms with Crippen LogP contribution in [0.2, 0.25) is 0 Å². The molecular formula is C6H10N4O5. The predicted molar refractivity (Wildman–Crippen MR) is 44.7 cm³/mol. The molecule has 0 bridgehead atoms. The number of hydrogen-bond acceptors (Lipinski definition) is 5. The Labute approximate surface area is 83.8 Å². The Balaban J connectivity index is 2.93. The van der Waals surface area contributed by atoms with Gasteiger partial charge in [0.05, 0.1) is 0 Å². The third kappa shape index (κ3) is 1.82. The van der Waals surface area contributed by atoms with E-state index in [4.69, 9.17) is 5.73 Å². The van der Waals surface area contributed by atoms with Crippen LogP contribution >= 0.6 is 0 Å². The summed E-state index contributed by atoms with van der Waals surface area (Å²) in [5.74, 6) is -1.07. The number of carbonyl (C=O) groups excluding carboxylic acids is 3. The van der Waals surface area contributed by atoms with Crippen molar-refractivity contribution in [3.63, 3.8) is 0 Å². The lowest BCUT2D eigenvalue weighted by atomic mass is 10.0. The molecule has 2 atom stereocenters. The predicted octanol–water partition coefficient (Wildman–Crippen LogP) is -2.81. The molecule has 0 saturated carbocycles. The third-order valence-electron chi connectivity index (χ3n) is 1.88. The summed E-state index contributed by atoms with van der Waals surface area (Å²) in [4.78, 5) is 32.6. The van der Waals surface area contributed by atoms with E-state index in [1.165, 1.54) is 0 Å². The Bertz CT molecular complexity index is 327. The van der Waals surface area contributed by atoms with E-state index in [9.17, 15) is 24.6 Å². The first-order valence-electron chi connectivity index (χ1n) is 3.88. The molecule has 1 aliphatic heterocycles. The summed E-state index contributed by atoms with van der Waals surface area (Å²) in [5, 5.41) is 20.9. The van der Waals surface area contributed by atoms with Crippen LogP contribution in [-0.2, 0) is 4.79 Å². The SMILES string of the molecule is CC1(O)C(=O)NC(=O)N(NC(N)=O)C1O. The maximum atomic E-state index is 11.1. The Kier molecular flexibility index (Phi) is 2.51. The van der Waals surface area contributed by atoms with Crippen LogP contribution in [0.1, 0.15) is 6.92 Å². The molecule has 9 heteroatoms. The van der Waals surface area contributed by atoms with Crippen molar-refractivity contribution in [2.75, 3.05) is 0 Å². The number of aliphatic hydroxyl groups excluding tert-OH is 1. The molecule has 9 nitrogen and oxygen atoms in total. The Morgan fingerprint density at radius 1 is 1.67 bits per heavy atom. The van der Waals surface area contributed by atoms with Crippen LogP contribution in [0.4, 0.5) is 9.59 Å². The number of amides is 5. The summed E-state index contributed by atoms with van der Waals surface area (Å²) in [7, 11) is 0. The van der Waals surface area contributed by atoms with Crippen molar-refractivity contribution >= 4 is 18.0 Å². The highest BCUT2D eigenvalue weighted by molar-refractivity contribution is 6.02. The van der Waals surface area contributed by atoms with Gasteiger partial charge in [-0.05, 0) is 6.92 Å². The van der Waals surface area contributed by atoms with Crippen molar-refractivity contribution in [3.05, 3.63) is 0 Å². The maximum absolute atomic E-state index is 11.1. The quantitative estimate of drug-likeness (QED) is 0.322. The molecule has 1 rings (SSSR count). The average Bonchev–Trinajstić information content (AvgIpc) is 2.10. The Morgan fingerprint density at radius 2 is 2.20 bits per heavy atom. The van der Waals surface area contributed by atoms with Gasteiger partial charge in [-0.2, -0.15) is 0 Å². The summed E-state index contributed by atoms with van der Waals surface area (Å²) in [6, 6.07) is -2.20. The number of imide groups is 1. The maximum Gasteiger partial charge on any atom is 0.345 e. The molecule has 0 aromatic heterocycles. The molecular weight excluding hydrogens is 208 g/mol. The number of nitrogens with zero attached hydrogens (tertiary/aromatic N) is 1. The molecule has 1 heterocycles. The number of rotatable bonds is 1. The summed E-state index contributed by atoms with van der Waals surface area (Å²) < 4.78 is 0. The minimum Gasteiger partial charge on any atom is -0.376 e. The molecule has 0 aromatic rings. The molecule has 5 amide bonds. The second-order valence-electron chi connectivity index (χ2n) is 3.13. The number of nitrogens with two attached hydrogens (primary N) is 1. The minimum atomic E-state index is -2.23. The normalized spacial score (nSPS) is 31.1. The van der Waals surface area contributed by atoms with Crippen molar-refractivity contribution in [3.8, 4) is 0 Å². The van der Waals surface area contributed by atoms with Crippen molar-refractivity contribution < 1.29 is 24.6 Å². The monoisotopic (exact) mass is 218 g/mol. The fourth-order valence-corrected chi connectivity index (χ4v) is 0.994. The third-order valence-corrected chi connectivity index (χ3v) is 1.88. The standard InChI is InChI=1S/C6H10N4O5/c1-6(15)2(11)8-5(14)10(3(6)12)9-4(7)13/h3,12,15H,1H3,(H3,7,9,13)(H,8,11,14). The second-order valence-corrected chi connectivity index (χ2v) is 3.13. The van der Waals surface area contributed by atoms with Crippen LogP contribution in [0.15, 0.2) is 0 Å². The number of hydrogen-bond donors (Lipinski definition) is 5. The van der Waals surface area contributed by atoms with Crippen LogP contribution in [0.5, 0.6) is 0 Å². The van der Waals surface area contributed by atoms with Crippen molar-refractivity contribution in [2.45, 2.75) is 18.8 Å². The lowest BCUT2D eigenvalue weighted by Gasteiger charge is -2.39. The fraction of sp³-hybridized carbons (Fsp3) is 0.500. The zero-order chi connectivity index (χ0) is 11.8. The molecule has 0 radical (unpaired) electrons. The van der Waals surface area contributed by atoms with Gasteiger partial charge in [-0.15, -0.1) is 0 Å². The van der Waals surface area contributed by atoms with Crippen LogP contribution in [-0.4, -0.2) is 45.0 Å². The van der Waals surface area contributed by atoms with Gasteiger partial charge in [0.2, 0.25) is 0 Å². The lowest BCUT2D eigenvalue weighted by Crippen LogP contribution is -2.72. The van der Waals surface area contributed by atoms with Gasteiger partial charge in [0.1, 0.15) is 0 Å². The van der Waals surface area contributed by atoms with Gasteiger partial charge in [0, 0.05) is 0 Å². The average molecular weight is 218 g/mol. The number of carbonyl (C=O) groups is 3. The fourth-order valence-electron chi connectivity index (χ4n) is 0.994. The topological polar surface area (TPSA) is 145 Å². The van der Waals surface area contributed by atoms with E-state index in [2.05, 4.69) is 0 Å². The number of hydrazine groups is 1. The van der Waals surface area contributed by atoms with Gasteiger partial charge in [-0.3, -0.25) is 10.1 Å². The molecule has 15 heavy (non-hydrogen) atoms. The molecule has 2 unspecified atom stereocenters. The molecule has 1 aliphatic rings. The van der Waals surface area contributed by atoms with Crippen LogP contribution < -0.4 is 16.5 Å². The van der Waals surface area contributed by atoms with Gasteiger partial charge in [-0.25, -0.2) is 20.0 Å². The van der Waals surface area contributed by atoms with Crippen LogP contribution in [0.3, 0.4) is 0 Å². The molecule has 1 saturated heterocycles. The number of primary amides is 1. The lowest BCUT2D eigenvalue weighted by molar-refractivity contribution is -0.174. The van der Waals surface area contributed by atoms with Gasteiger partial charge in [-0.1, -0.05) is 0 Å². The van der Waals surface area contributed by atoms with Crippen molar-refractivity contribution in [1.29, 1.82) is 0 Å². The summed E-state index contributed by atoms with van der Waals surface area (Å²) in [5.41, 5.74) is 4.25. The largest absolute Gasteiger partial charge is 0.376 e. The molecule has 1 fully saturated rings.